The lowest BCUT2D eigenvalue weighted by atomic mass is 9.81. The van der Waals surface area contributed by atoms with Crippen LogP contribution in [0.1, 0.15) is 38.8 Å². The normalized spacial score (nSPS) is 27.5. The third kappa shape index (κ3) is 2.12. The number of fused-ring (bicyclic) bond motifs is 1. The Morgan fingerprint density at radius 1 is 1.47 bits per heavy atom. The average Bonchev–Trinajstić information content (AvgIpc) is 2.27. The van der Waals surface area contributed by atoms with E-state index in [2.05, 4.69) is 20.8 Å². The number of methoxy groups -OCH3 is 1. The van der Waals surface area contributed by atoms with Crippen molar-refractivity contribution in [2.75, 3.05) is 7.11 Å². The summed E-state index contributed by atoms with van der Waals surface area (Å²) in [5.74, 6) is 2.09. The van der Waals surface area contributed by atoms with Crippen LogP contribution < -0.4 is 15.2 Å². The molecule has 0 saturated heterocycles. The van der Waals surface area contributed by atoms with E-state index in [-0.39, 0.29) is 11.6 Å². The molecule has 2 atom stereocenters. The highest BCUT2D eigenvalue weighted by Crippen LogP contribution is 2.42. The molecule has 0 aliphatic carbocycles. The van der Waals surface area contributed by atoms with Crippen molar-refractivity contribution in [3.05, 3.63) is 23.8 Å². The highest BCUT2D eigenvalue weighted by atomic mass is 16.5. The van der Waals surface area contributed by atoms with Gasteiger partial charge < -0.3 is 15.2 Å². The standard InChI is InChI=1S/C14H21NO2/c1-9(2)14(3)8-12(15)11-6-5-10(16-4)7-13(11)17-14/h5-7,9,12H,8,15H2,1-4H3. The highest BCUT2D eigenvalue weighted by Gasteiger charge is 2.38. The molecule has 1 aliphatic rings. The van der Waals surface area contributed by atoms with Gasteiger partial charge in [0.1, 0.15) is 17.1 Å². The second kappa shape index (κ2) is 4.22. The van der Waals surface area contributed by atoms with E-state index in [4.69, 9.17) is 15.2 Å². The van der Waals surface area contributed by atoms with Crippen LogP contribution >= 0.6 is 0 Å². The molecule has 0 amide bonds. The first-order valence-corrected chi connectivity index (χ1v) is 6.09. The van der Waals surface area contributed by atoms with Gasteiger partial charge in [-0.1, -0.05) is 19.9 Å². The first kappa shape index (κ1) is 12.2. The molecule has 3 heteroatoms. The molecule has 0 radical (unpaired) electrons. The summed E-state index contributed by atoms with van der Waals surface area (Å²) in [4.78, 5) is 0. The Morgan fingerprint density at radius 3 is 2.76 bits per heavy atom. The van der Waals surface area contributed by atoms with Crippen LogP contribution in [0.5, 0.6) is 11.5 Å². The third-order valence-electron chi connectivity index (χ3n) is 3.81. The van der Waals surface area contributed by atoms with Gasteiger partial charge in [-0.15, -0.1) is 0 Å². The van der Waals surface area contributed by atoms with Gasteiger partial charge >= 0.3 is 0 Å². The molecule has 0 aromatic heterocycles. The van der Waals surface area contributed by atoms with Crippen molar-refractivity contribution in [3.8, 4) is 11.5 Å². The highest BCUT2D eigenvalue weighted by molar-refractivity contribution is 5.44. The second-order valence-corrected chi connectivity index (χ2v) is 5.28. The van der Waals surface area contributed by atoms with Gasteiger partial charge in [0, 0.05) is 24.1 Å². The van der Waals surface area contributed by atoms with E-state index in [1.54, 1.807) is 7.11 Å². The van der Waals surface area contributed by atoms with Crippen molar-refractivity contribution in [1.82, 2.24) is 0 Å². The SMILES string of the molecule is COc1ccc2c(c1)OC(C)(C(C)C)CC2N. The predicted octanol–water partition coefficient (Wildman–Crippen LogP) is 2.89. The maximum Gasteiger partial charge on any atom is 0.128 e. The number of benzene rings is 1. The molecule has 2 rings (SSSR count). The predicted molar refractivity (Wildman–Crippen MR) is 68.4 cm³/mol. The van der Waals surface area contributed by atoms with Crippen molar-refractivity contribution in [1.29, 1.82) is 0 Å². The monoisotopic (exact) mass is 235 g/mol. The summed E-state index contributed by atoms with van der Waals surface area (Å²) in [6.45, 7) is 6.45. The molecule has 1 aromatic carbocycles. The Morgan fingerprint density at radius 2 is 2.18 bits per heavy atom. The quantitative estimate of drug-likeness (QED) is 0.857. The van der Waals surface area contributed by atoms with E-state index in [1.807, 2.05) is 18.2 Å². The Hall–Kier alpha value is -1.22. The van der Waals surface area contributed by atoms with Crippen LogP contribution in [0.3, 0.4) is 0 Å². The summed E-state index contributed by atoms with van der Waals surface area (Å²) in [6, 6.07) is 5.89. The zero-order chi connectivity index (χ0) is 12.6. The van der Waals surface area contributed by atoms with Crippen molar-refractivity contribution in [2.45, 2.75) is 38.8 Å². The topological polar surface area (TPSA) is 44.5 Å². The maximum absolute atomic E-state index is 6.23. The summed E-state index contributed by atoms with van der Waals surface area (Å²) in [6.07, 6.45) is 0.851. The number of ether oxygens (including phenoxy) is 2. The van der Waals surface area contributed by atoms with Gasteiger partial charge in [-0.05, 0) is 18.9 Å². The number of hydrogen-bond acceptors (Lipinski definition) is 3. The van der Waals surface area contributed by atoms with Crippen LogP contribution in [0.15, 0.2) is 18.2 Å². The molecule has 94 valence electrons. The first-order chi connectivity index (χ1) is 7.96. The maximum atomic E-state index is 6.23. The Labute approximate surface area is 103 Å². The van der Waals surface area contributed by atoms with E-state index in [0.717, 1.165) is 23.5 Å². The molecule has 2 unspecified atom stereocenters. The van der Waals surface area contributed by atoms with Crippen LogP contribution in [-0.2, 0) is 0 Å². The summed E-state index contributed by atoms with van der Waals surface area (Å²) in [5.41, 5.74) is 7.11. The molecule has 1 heterocycles. The van der Waals surface area contributed by atoms with E-state index >= 15 is 0 Å². The largest absolute Gasteiger partial charge is 0.497 e. The molecule has 0 spiro atoms. The molecule has 17 heavy (non-hydrogen) atoms. The number of hydrogen-bond donors (Lipinski definition) is 1. The lowest BCUT2D eigenvalue weighted by Gasteiger charge is -2.41. The van der Waals surface area contributed by atoms with Gasteiger partial charge in [-0.2, -0.15) is 0 Å². The summed E-state index contributed by atoms with van der Waals surface area (Å²) in [7, 11) is 1.66. The van der Waals surface area contributed by atoms with Crippen LogP contribution in [0.2, 0.25) is 0 Å². The molecular weight excluding hydrogens is 214 g/mol. The van der Waals surface area contributed by atoms with E-state index in [1.165, 1.54) is 0 Å². The van der Waals surface area contributed by atoms with Crippen LogP contribution in [-0.4, -0.2) is 12.7 Å². The van der Waals surface area contributed by atoms with Crippen molar-refractivity contribution in [3.63, 3.8) is 0 Å². The lowest BCUT2D eigenvalue weighted by molar-refractivity contribution is 0.0106. The summed E-state index contributed by atoms with van der Waals surface area (Å²) in [5, 5.41) is 0. The summed E-state index contributed by atoms with van der Waals surface area (Å²) >= 11 is 0. The lowest BCUT2D eigenvalue weighted by Crippen LogP contribution is -2.44. The fraction of sp³-hybridized carbons (Fsp3) is 0.571. The fourth-order valence-electron chi connectivity index (χ4n) is 2.23. The molecule has 0 fully saturated rings. The van der Waals surface area contributed by atoms with Gasteiger partial charge in [0.2, 0.25) is 0 Å². The van der Waals surface area contributed by atoms with Crippen molar-refractivity contribution in [2.24, 2.45) is 11.7 Å². The third-order valence-corrected chi connectivity index (χ3v) is 3.81. The van der Waals surface area contributed by atoms with Gasteiger partial charge in [-0.3, -0.25) is 0 Å². The van der Waals surface area contributed by atoms with Gasteiger partial charge in [0.25, 0.3) is 0 Å². The van der Waals surface area contributed by atoms with Crippen LogP contribution in [0.4, 0.5) is 0 Å². The molecule has 0 bridgehead atoms. The van der Waals surface area contributed by atoms with Gasteiger partial charge in [-0.25, -0.2) is 0 Å². The van der Waals surface area contributed by atoms with Crippen molar-refractivity contribution >= 4 is 0 Å². The minimum Gasteiger partial charge on any atom is -0.497 e. The summed E-state index contributed by atoms with van der Waals surface area (Å²) < 4.78 is 11.4. The van der Waals surface area contributed by atoms with Gasteiger partial charge in [0.05, 0.1) is 7.11 Å². The molecule has 1 aromatic rings. The molecular formula is C14H21NO2. The van der Waals surface area contributed by atoms with E-state index in [9.17, 15) is 0 Å². The smallest absolute Gasteiger partial charge is 0.128 e. The Balaban J connectivity index is 2.40. The van der Waals surface area contributed by atoms with Gasteiger partial charge in [0.15, 0.2) is 0 Å². The molecule has 0 saturated carbocycles. The molecule has 2 N–H and O–H groups in total. The van der Waals surface area contributed by atoms with Crippen LogP contribution in [0, 0.1) is 5.92 Å². The zero-order valence-corrected chi connectivity index (χ0v) is 11.0. The van der Waals surface area contributed by atoms with Crippen LogP contribution in [0.25, 0.3) is 0 Å². The van der Waals surface area contributed by atoms with E-state index < -0.39 is 0 Å². The Kier molecular flexibility index (Phi) is 3.04. The first-order valence-electron chi connectivity index (χ1n) is 6.09. The fourth-order valence-corrected chi connectivity index (χ4v) is 2.23. The Bertz CT molecular complexity index is 417. The van der Waals surface area contributed by atoms with E-state index in [0.29, 0.717) is 5.92 Å². The second-order valence-electron chi connectivity index (χ2n) is 5.28. The average molecular weight is 235 g/mol. The minimum absolute atomic E-state index is 0.0389. The minimum atomic E-state index is -0.196. The molecule has 3 nitrogen and oxygen atoms in total. The number of nitrogens with two attached hydrogens (primary N) is 1. The molecule has 1 aliphatic heterocycles. The van der Waals surface area contributed by atoms with Crippen molar-refractivity contribution < 1.29 is 9.47 Å². The zero-order valence-electron chi connectivity index (χ0n) is 11.0. The number of rotatable bonds is 2.